The molecule has 0 atom stereocenters. The van der Waals surface area contributed by atoms with Gasteiger partial charge < -0.3 is 11.5 Å². The number of benzene rings is 2. The topological polar surface area (TPSA) is 86.2 Å². The van der Waals surface area contributed by atoms with E-state index in [4.69, 9.17) is 11.5 Å². The van der Waals surface area contributed by atoms with Crippen LogP contribution in [-0.2, 0) is 16.5 Å². The molecule has 0 unspecified atom stereocenters. The molecule has 0 aromatic heterocycles. The molecule has 0 spiro atoms. The Hall–Kier alpha value is -2.13. The molecule has 0 amide bonds. The molecular weight excluding hydrogens is 287 g/mol. The summed E-state index contributed by atoms with van der Waals surface area (Å²) in [5.41, 5.74) is 13.4. The second kappa shape index (κ2) is 4.52. The molecule has 2 aromatic rings. The summed E-state index contributed by atoms with van der Waals surface area (Å²) in [6.07, 6.45) is 0. The first kappa shape index (κ1) is 13.3. The number of rotatable bonds is 0. The summed E-state index contributed by atoms with van der Waals surface area (Å²) in [5.74, 6) is -0.491. The fraction of sp³-hybridized carbons (Fsp3) is 0. The van der Waals surface area contributed by atoms with Crippen molar-refractivity contribution in [3.05, 3.63) is 58.7 Å². The van der Waals surface area contributed by atoms with Crippen LogP contribution in [0.25, 0.3) is 0 Å². The van der Waals surface area contributed by atoms with Gasteiger partial charge >= 0.3 is 16.5 Å². The van der Waals surface area contributed by atoms with Crippen molar-refractivity contribution >= 4 is 22.9 Å². The van der Waals surface area contributed by atoms with Gasteiger partial charge in [0.1, 0.15) is 0 Å². The summed E-state index contributed by atoms with van der Waals surface area (Å²) >= 11 is 0. The number of ketones is 2. The molecule has 0 radical (unpaired) electrons. The summed E-state index contributed by atoms with van der Waals surface area (Å²) in [4.78, 5) is 24.7. The zero-order chi connectivity index (χ0) is 12.9. The number of carbonyl (C=O) groups excluding carboxylic acids is 2. The minimum absolute atomic E-state index is 0. The summed E-state index contributed by atoms with van der Waals surface area (Å²) in [6.45, 7) is 0. The van der Waals surface area contributed by atoms with E-state index in [2.05, 4.69) is 0 Å². The van der Waals surface area contributed by atoms with Crippen LogP contribution in [0, 0.1) is 0 Å². The van der Waals surface area contributed by atoms with E-state index in [1.165, 1.54) is 0 Å². The van der Waals surface area contributed by atoms with Gasteiger partial charge in [0.25, 0.3) is 0 Å². The van der Waals surface area contributed by atoms with Gasteiger partial charge in [0, 0.05) is 22.5 Å². The molecule has 0 fully saturated rings. The van der Waals surface area contributed by atoms with Crippen molar-refractivity contribution in [2.45, 2.75) is 0 Å². The van der Waals surface area contributed by atoms with E-state index >= 15 is 0 Å². The Kier molecular flexibility index (Phi) is 3.17. The van der Waals surface area contributed by atoms with E-state index in [1.54, 1.807) is 36.4 Å². The molecule has 0 saturated heterocycles. The molecule has 5 heteroatoms. The van der Waals surface area contributed by atoms with E-state index in [0.29, 0.717) is 11.1 Å². The zero-order valence-corrected chi connectivity index (χ0v) is 10.7. The third kappa shape index (κ3) is 1.74. The molecule has 0 heterocycles. The SMILES string of the molecule is Nc1ccc(N)c2c1C(=O)c1ccccc1C2=O.[Ni+2]. The number of hydrogen-bond acceptors (Lipinski definition) is 4. The number of fused-ring (bicyclic) bond motifs is 2. The van der Waals surface area contributed by atoms with Crippen molar-refractivity contribution in [1.82, 2.24) is 0 Å². The maximum Gasteiger partial charge on any atom is 2.00 e. The van der Waals surface area contributed by atoms with Crippen LogP contribution in [0.2, 0.25) is 0 Å². The minimum Gasteiger partial charge on any atom is -0.398 e. The van der Waals surface area contributed by atoms with Crippen LogP contribution >= 0.6 is 0 Å². The Balaban J connectivity index is 0.00000133. The van der Waals surface area contributed by atoms with Gasteiger partial charge in [-0.15, -0.1) is 0 Å². The predicted octanol–water partition coefficient (Wildman–Crippen LogP) is 1.62. The van der Waals surface area contributed by atoms with Crippen LogP contribution < -0.4 is 11.5 Å². The van der Waals surface area contributed by atoms with E-state index in [1.807, 2.05) is 0 Å². The number of hydrogen-bond donors (Lipinski definition) is 2. The molecule has 1 aliphatic rings. The van der Waals surface area contributed by atoms with Crippen molar-refractivity contribution in [1.29, 1.82) is 0 Å². The summed E-state index contributed by atoms with van der Waals surface area (Å²) in [5, 5.41) is 0. The molecular formula is C14H10N2NiO2+2. The monoisotopic (exact) mass is 296 g/mol. The van der Waals surface area contributed by atoms with Gasteiger partial charge in [-0.1, -0.05) is 24.3 Å². The largest absolute Gasteiger partial charge is 2.00 e. The molecule has 4 N–H and O–H groups in total. The first-order valence-electron chi connectivity index (χ1n) is 5.47. The average Bonchev–Trinajstić information content (AvgIpc) is 2.38. The van der Waals surface area contributed by atoms with Crippen molar-refractivity contribution in [3.63, 3.8) is 0 Å². The minimum atomic E-state index is -0.245. The van der Waals surface area contributed by atoms with Crippen LogP contribution in [0.4, 0.5) is 11.4 Å². The van der Waals surface area contributed by atoms with E-state index < -0.39 is 0 Å². The third-order valence-corrected chi connectivity index (χ3v) is 3.14. The second-order valence-electron chi connectivity index (χ2n) is 4.20. The zero-order valence-electron chi connectivity index (χ0n) is 9.75. The summed E-state index contributed by atoms with van der Waals surface area (Å²) in [6, 6.07) is 9.79. The van der Waals surface area contributed by atoms with Gasteiger partial charge in [0.05, 0.1) is 11.1 Å². The van der Waals surface area contributed by atoms with Crippen LogP contribution in [-0.4, -0.2) is 11.6 Å². The number of nitrogens with two attached hydrogens (primary N) is 2. The van der Waals surface area contributed by atoms with Gasteiger partial charge in [-0.25, -0.2) is 0 Å². The number of nitrogen functional groups attached to an aromatic ring is 2. The number of anilines is 2. The molecule has 4 nitrogen and oxygen atoms in total. The predicted molar refractivity (Wildman–Crippen MR) is 68.6 cm³/mol. The first-order valence-corrected chi connectivity index (χ1v) is 5.47. The van der Waals surface area contributed by atoms with Crippen LogP contribution in [0.15, 0.2) is 36.4 Å². The van der Waals surface area contributed by atoms with Crippen LogP contribution in [0.5, 0.6) is 0 Å². The second-order valence-corrected chi connectivity index (χ2v) is 4.20. The molecule has 0 bridgehead atoms. The molecule has 0 saturated carbocycles. The quantitative estimate of drug-likeness (QED) is 0.487. The standard InChI is InChI=1S/C14H10N2O2.Ni/c15-9-5-6-10(16)12-11(9)13(17)7-3-1-2-4-8(7)14(12)18;/h1-6H,15-16H2;/q;+2. The van der Waals surface area contributed by atoms with E-state index in [-0.39, 0.29) is 50.6 Å². The Morgan fingerprint density at radius 1 is 0.684 bits per heavy atom. The van der Waals surface area contributed by atoms with Crippen LogP contribution in [0.3, 0.4) is 0 Å². The smallest absolute Gasteiger partial charge is 0.398 e. The Morgan fingerprint density at radius 3 is 1.42 bits per heavy atom. The van der Waals surface area contributed by atoms with Crippen molar-refractivity contribution in [2.75, 3.05) is 11.5 Å². The van der Waals surface area contributed by atoms with Gasteiger partial charge in [0.15, 0.2) is 11.6 Å². The molecule has 2 aromatic carbocycles. The maximum atomic E-state index is 12.3. The molecule has 96 valence electrons. The number of carbonyl (C=O) groups is 2. The van der Waals surface area contributed by atoms with E-state index in [9.17, 15) is 9.59 Å². The van der Waals surface area contributed by atoms with Crippen molar-refractivity contribution < 1.29 is 26.1 Å². The van der Waals surface area contributed by atoms with Gasteiger partial charge in [-0.05, 0) is 12.1 Å². The van der Waals surface area contributed by atoms with E-state index in [0.717, 1.165) is 0 Å². The van der Waals surface area contributed by atoms with Crippen LogP contribution in [0.1, 0.15) is 31.8 Å². The van der Waals surface area contributed by atoms with Gasteiger partial charge in [0.2, 0.25) is 0 Å². The molecule has 3 rings (SSSR count). The fourth-order valence-electron chi connectivity index (χ4n) is 2.27. The normalized spacial score (nSPS) is 12.4. The summed E-state index contributed by atoms with van der Waals surface area (Å²) < 4.78 is 0. The summed E-state index contributed by atoms with van der Waals surface area (Å²) in [7, 11) is 0. The van der Waals surface area contributed by atoms with Gasteiger partial charge in [-0.2, -0.15) is 0 Å². The fourth-order valence-corrected chi connectivity index (χ4v) is 2.27. The van der Waals surface area contributed by atoms with Crippen molar-refractivity contribution in [3.8, 4) is 0 Å². The average molecular weight is 297 g/mol. The molecule has 1 aliphatic carbocycles. The Morgan fingerprint density at radius 2 is 1.05 bits per heavy atom. The first-order chi connectivity index (χ1) is 8.61. The molecule has 19 heavy (non-hydrogen) atoms. The Labute approximate surface area is 119 Å². The van der Waals surface area contributed by atoms with Crippen molar-refractivity contribution in [2.24, 2.45) is 0 Å². The maximum absolute atomic E-state index is 12.3. The molecule has 0 aliphatic heterocycles. The Bertz CT molecular complexity index is 651. The third-order valence-electron chi connectivity index (χ3n) is 3.14. The van der Waals surface area contributed by atoms with Gasteiger partial charge in [-0.3, -0.25) is 9.59 Å².